The molecule has 0 aliphatic carbocycles. The number of halogens is 2. The first kappa shape index (κ1) is 24.8. The van der Waals surface area contributed by atoms with Crippen molar-refractivity contribution in [2.75, 3.05) is 18.0 Å². The van der Waals surface area contributed by atoms with Crippen molar-refractivity contribution in [1.82, 2.24) is 14.3 Å². The number of amides is 1. The Hall–Kier alpha value is -2.92. The number of hydrogen-bond donors (Lipinski definition) is 0. The molecule has 1 aliphatic rings. The largest absolute Gasteiger partial charge is 0.282 e. The van der Waals surface area contributed by atoms with Gasteiger partial charge in [0.05, 0.1) is 22.0 Å². The van der Waals surface area contributed by atoms with Crippen LogP contribution in [0.3, 0.4) is 0 Å². The molecule has 0 unspecified atom stereocenters. The number of fused-ring (bicyclic) bond motifs is 1. The van der Waals surface area contributed by atoms with Gasteiger partial charge in [0.25, 0.3) is 0 Å². The maximum atomic E-state index is 14.2. The fourth-order valence-corrected chi connectivity index (χ4v) is 7.07. The van der Waals surface area contributed by atoms with Gasteiger partial charge in [0.15, 0.2) is 5.13 Å². The van der Waals surface area contributed by atoms with Crippen LogP contribution in [0.2, 0.25) is 5.02 Å². The van der Waals surface area contributed by atoms with Gasteiger partial charge in [-0.15, -0.1) is 0 Å². The molecule has 1 fully saturated rings. The van der Waals surface area contributed by atoms with Crippen molar-refractivity contribution in [3.8, 4) is 0 Å². The van der Waals surface area contributed by atoms with Crippen molar-refractivity contribution in [2.24, 2.45) is 5.92 Å². The monoisotopic (exact) mass is 544 g/mol. The normalized spacial score (nSPS) is 15.3. The number of hydrogen-bond acceptors (Lipinski definition) is 6. The highest BCUT2D eigenvalue weighted by Gasteiger charge is 2.36. The summed E-state index contributed by atoms with van der Waals surface area (Å²) in [5.41, 5.74) is 1.33. The minimum atomic E-state index is -3.99. The van der Waals surface area contributed by atoms with Gasteiger partial charge in [-0.2, -0.15) is 4.31 Å². The molecule has 0 saturated carbocycles. The zero-order chi connectivity index (χ0) is 25.3. The van der Waals surface area contributed by atoms with Crippen molar-refractivity contribution >= 4 is 54.2 Å². The highest BCUT2D eigenvalue weighted by Crippen LogP contribution is 2.35. The number of thiazole rings is 1. The number of piperidine rings is 1. The molecular weight excluding hydrogens is 523 g/mol. The van der Waals surface area contributed by atoms with Crippen LogP contribution in [0.4, 0.5) is 9.52 Å². The topological polar surface area (TPSA) is 83.5 Å². The number of sulfonamides is 1. The number of benzene rings is 2. The quantitative estimate of drug-likeness (QED) is 0.336. The molecule has 0 atom stereocenters. The second-order valence-electron chi connectivity index (χ2n) is 8.44. The van der Waals surface area contributed by atoms with Crippen LogP contribution in [0.1, 0.15) is 18.5 Å². The molecule has 7 nitrogen and oxygen atoms in total. The molecule has 0 spiro atoms. The summed E-state index contributed by atoms with van der Waals surface area (Å²) in [4.78, 5) is 24.0. The van der Waals surface area contributed by atoms with Crippen LogP contribution in [0.15, 0.2) is 71.8 Å². The van der Waals surface area contributed by atoms with Crippen molar-refractivity contribution < 1.29 is 17.6 Å². The Balaban J connectivity index is 1.39. The molecule has 11 heteroatoms. The Bertz CT molecular complexity index is 1510. The van der Waals surface area contributed by atoms with E-state index in [9.17, 15) is 17.6 Å². The van der Waals surface area contributed by atoms with Crippen molar-refractivity contribution in [1.29, 1.82) is 0 Å². The fraction of sp³-hybridized carbons (Fsp3) is 0.240. The molecule has 2 aromatic heterocycles. The van der Waals surface area contributed by atoms with Gasteiger partial charge in [0, 0.05) is 25.2 Å². The van der Waals surface area contributed by atoms with E-state index >= 15 is 0 Å². The number of para-hydroxylation sites is 1. The number of carbonyl (C=O) groups excluding carboxylic acids is 1. The standard InChI is InChI=1S/C25H22ClFN4O3S2/c26-19-7-5-9-21-23(19)29-25(35-21)31(16-18-6-3-4-13-28-18)24(32)17-11-14-30(15-12-17)36(33,34)22-10-2-1-8-20(22)27/h1-10,13,17H,11-12,14-16H2. The van der Waals surface area contributed by atoms with Crippen LogP contribution in [0.5, 0.6) is 0 Å². The molecule has 0 N–H and O–H groups in total. The third kappa shape index (κ3) is 4.86. The molecule has 0 radical (unpaired) electrons. The summed E-state index contributed by atoms with van der Waals surface area (Å²) in [5, 5.41) is 1.02. The van der Waals surface area contributed by atoms with E-state index in [0.717, 1.165) is 10.8 Å². The number of aromatic nitrogens is 2. The second-order valence-corrected chi connectivity index (χ2v) is 11.8. The Kier molecular flexibility index (Phi) is 7.03. The SMILES string of the molecule is O=C(C1CCN(S(=O)(=O)c2ccccc2F)CC1)N(Cc1ccccn1)c1nc2c(Cl)cccc2s1. The third-order valence-corrected chi connectivity index (χ3v) is 9.44. The summed E-state index contributed by atoms with van der Waals surface area (Å²) in [7, 11) is -3.99. The summed E-state index contributed by atoms with van der Waals surface area (Å²) in [6, 6.07) is 16.3. The molecule has 1 aliphatic heterocycles. The minimum Gasteiger partial charge on any atom is -0.282 e. The molecule has 5 rings (SSSR count). The van der Waals surface area contributed by atoms with Crippen LogP contribution in [0.25, 0.3) is 10.2 Å². The highest BCUT2D eigenvalue weighted by atomic mass is 35.5. The smallest absolute Gasteiger partial charge is 0.245 e. The molecule has 36 heavy (non-hydrogen) atoms. The van der Waals surface area contributed by atoms with Gasteiger partial charge < -0.3 is 0 Å². The van der Waals surface area contributed by atoms with Crippen molar-refractivity contribution in [2.45, 2.75) is 24.3 Å². The predicted octanol–water partition coefficient (Wildman–Crippen LogP) is 5.12. The van der Waals surface area contributed by atoms with E-state index in [2.05, 4.69) is 9.97 Å². The lowest BCUT2D eigenvalue weighted by molar-refractivity contribution is -0.123. The molecule has 3 heterocycles. The molecule has 2 aromatic carbocycles. The van der Waals surface area contributed by atoms with Gasteiger partial charge in [-0.25, -0.2) is 17.8 Å². The predicted molar refractivity (Wildman–Crippen MR) is 138 cm³/mol. The maximum Gasteiger partial charge on any atom is 0.245 e. The first-order chi connectivity index (χ1) is 17.3. The third-order valence-electron chi connectivity index (χ3n) is 6.16. The van der Waals surface area contributed by atoms with E-state index in [1.165, 1.54) is 33.8 Å². The zero-order valence-electron chi connectivity index (χ0n) is 19.0. The minimum absolute atomic E-state index is 0.121. The molecule has 1 saturated heterocycles. The average Bonchev–Trinajstić information content (AvgIpc) is 3.33. The van der Waals surface area contributed by atoms with E-state index in [1.807, 2.05) is 24.3 Å². The van der Waals surface area contributed by atoms with Gasteiger partial charge in [-0.3, -0.25) is 14.7 Å². The average molecular weight is 545 g/mol. The lowest BCUT2D eigenvalue weighted by Crippen LogP contribution is -2.44. The number of carbonyl (C=O) groups is 1. The van der Waals surface area contributed by atoms with Gasteiger partial charge in [0.1, 0.15) is 16.2 Å². The number of pyridine rings is 1. The van der Waals surface area contributed by atoms with E-state index in [1.54, 1.807) is 23.2 Å². The fourth-order valence-electron chi connectivity index (χ4n) is 4.27. The summed E-state index contributed by atoms with van der Waals surface area (Å²) >= 11 is 7.69. The summed E-state index contributed by atoms with van der Waals surface area (Å²) < 4.78 is 42.2. The van der Waals surface area contributed by atoms with E-state index in [4.69, 9.17) is 11.6 Å². The number of rotatable bonds is 6. The molecule has 1 amide bonds. The Morgan fingerprint density at radius 1 is 1.08 bits per heavy atom. The van der Waals surface area contributed by atoms with Crippen LogP contribution in [0, 0.1) is 11.7 Å². The summed E-state index contributed by atoms with van der Waals surface area (Å²) in [6.07, 6.45) is 2.30. The lowest BCUT2D eigenvalue weighted by atomic mass is 9.96. The first-order valence-corrected chi connectivity index (χ1v) is 14.0. The lowest BCUT2D eigenvalue weighted by Gasteiger charge is -2.33. The zero-order valence-corrected chi connectivity index (χ0v) is 21.4. The molecule has 186 valence electrons. The number of anilines is 1. The molecule has 4 aromatic rings. The van der Waals surface area contributed by atoms with Crippen molar-refractivity contribution in [3.63, 3.8) is 0 Å². The highest BCUT2D eigenvalue weighted by molar-refractivity contribution is 7.89. The van der Waals surface area contributed by atoms with Crippen LogP contribution >= 0.6 is 22.9 Å². The van der Waals surface area contributed by atoms with Gasteiger partial charge in [0.2, 0.25) is 15.9 Å². The van der Waals surface area contributed by atoms with Gasteiger partial charge >= 0.3 is 0 Å². The van der Waals surface area contributed by atoms with Crippen molar-refractivity contribution in [3.05, 3.63) is 83.4 Å². The Morgan fingerprint density at radius 2 is 1.83 bits per heavy atom. The van der Waals surface area contributed by atoms with Crippen LogP contribution < -0.4 is 4.90 Å². The second kappa shape index (κ2) is 10.2. The molecule has 0 bridgehead atoms. The van der Waals surface area contributed by atoms with Crippen LogP contribution in [-0.2, 0) is 21.4 Å². The summed E-state index contributed by atoms with van der Waals surface area (Å²) in [6.45, 7) is 0.469. The molecular formula is C25H22ClFN4O3S2. The summed E-state index contributed by atoms with van der Waals surface area (Å²) in [5.74, 6) is -1.35. The number of nitrogens with zero attached hydrogens (tertiary/aromatic N) is 4. The van der Waals surface area contributed by atoms with E-state index in [0.29, 0.717) is 34.2 Å². The van der Waals surface area contributed by atoms with E-state index < -0.39 is 21.8 Å². The van der Waals surface area contributed by atoms with E-state index in [-0.39, 0.29) is 30.4 Å². The first-order valence-electron chi connectivity index (χ1n) is 11.4. The maximum absolute atomic E-state index is 14.2. The Labute approximate surface area is 217 Å². The Morgan fingerprint density at radius 3 is 2.53 bits per heavy atom. The van der Waals surface area contributed by atoms with Crippen LogP contribution in [-0.4, -0.2) is 41.7 Å². The van der Waals surface area contributed by atoms with Gasteiger partial charge in [-0.05, 0) is 49.2 Å². The van der Waals surface area contributed by atoms with Gasteiger partial charge in [-0.1, -0.05) is 47.2 Å².